The van der Waals surface area contributed by atoms with Crippen LogP contribution in [0, 0.1) is 5.41 Å². The van der Waals surface area contributed by atoms with E-state index in [0.29, 0.717) is 24.3 Å². The van der Waals surface area contributed by atoms with Crippen molar-refractivity contribution in [2.75, 3.05) is 26.3 Å². The van der Waals surface area contributed by atoms with Gasteiger partial charge in [0.1, 0.15) is 12.4 Å². The van der Waals surface area contributed by atoms with Gasteiger partial charge in [-0.05, 0) is 42.9 Å². The number of carboxylic acids is 1. The summed E-state index contributed by atoms with van der Waals surface area (Å²) in [7, 11) is 0. The van der Waals surface area contributed by atoms with Crippen molar-refractivity contribution < 1.29 is 19.7 Å². The van der Waals surface area contributed by atoms with Gasteiger partial charge in [-0.25, -0.2) is 4.79 Å². The van der Waals surface area contributed by atoms with Gasteiger partial charge in [-0.1, -0.05) is 6.07 Å². The predicted molar refractivity (Wildman–Crippen MR) is 75.1 cm³/mol. The molecule has 1 aliphatic rings. The largest absolute Gasteiger partial charge is 0.492 e. The van der Waals surface area contributed by atoms with E-state index in [2.05, 4.69) is 5.32 Å². The van der Waals surface area contributed by atoms with E-state index in [9.17, 15) is 4.79 Å². The first-order valence-corrected chi connectivity index (χ1v) is 6.93. The van der Waals surface area contributed by atoms with Gasteiger partial charge in [0.2, 0.25) is 0 Å². The summed E-state index contributed by atoms with van der Waals surface area (Å²) in [5.41, 5.74) is 0.535. The second-order valence-corrected chi connectivity index (χ2v) is 5.33. The molecule has 0 saturated heterocycles. The number of benzene rings is 1. The van der Waals surface area contributed by atoms with Crippen molar-refractivity contribution in [3.8, 4) is 5.75 Å². The SMILES string of the molecule is O=C(O)c1cccc(OCCNCC2(CCO)CC2)c1. The van der Waals surface area contributed by atoms with Crippen LogP contribution in [0.1, 0.15) is 29.6 Å². The minimum absolute atomic E-state index is 0.232. The van der Waals surface area contributed by atoms with Gasteiger partial charge < -0.3 is 20.3 Å². The lowest BCUT2D eigenvalue weighted by molar-refractivity contribution is 0.0696. The maximum absolute atomic E-state index is 10.8. The number of aliphatic hydroxyl groups excluding tert-OH is 1. The molecule has 20 heavy (non-hydrogen) atoms. The molecule has 1 aromatic rings. The molecule has 0 aliphatic heterocycles. The highest BCUT2D eigenvalue weighted by molar-refractivity contribution is 5.87. The Labute approximate surface area is 118 Å². The van der Waals surface area contributed by atoms with E-state index in [-0.39, 0.29) is 12.2 Å². The third-order valence-electron chi connectivity index (χ3n) is 3.73. The van der Waals surface area contributed by atoms with Crippen LogP contribution in [0.3, 0.4) is 0 Å². The van der Waals surface area contributed by atoms with E-state index in [1.165, 1.54) is 18.9 Å². The van der Waals surface area contributed by atoms with Gasteiger partial charge in [0.25, 0.3) is 0 Å². The minimum atomic E-state index is -0.951. The molecular weight excluding hydrogens is 258 g/mol. The fourth-order valence-electron chi connectivity index (χ4n) is 2.24. The summed E-state index contributed by atoms with van der Waals surface area (Å²) >= 11 is 0. The van der Waals surface area contributed by atoms with Gasteiger partial charge >= 0.3 is 5.97 Å². The molecule has 1 aliphatic carbocycles. The number of aromatic carboxylic acids is 1. The summed E-state index contributed by atoms with van der Waals surface area (Å²) in [6.45, 7) is 2.37. The van der Waals surface area contributed by atoms with Crippen molar-refractivity contribution >= 4 is 5.97 Å². The van der Waals surface area contributed by atoms with E-state index in [4.69, 9.17) is 14.9 Å². The quantitative estimate of drug-likeness (QED) is 0.597. The van der Waals surface area contributed by atoms with Gasteiger partial charge in [0.05, 0.1) is 5.56 Å². The Morgan fingerprint density at radius 2 is 2.20 bits per heavy atom. The van der Waals surface area contributed by atoms with Crippen molar-refractivity contribution in [2.24, 2.45) is 5.41 Å². The average molecular weight is 279 g/mol. The van der Waals surface area contributed by atoms with Gasteiger partial charge in [-0.2, -0.15) is 0 Å². The number of hydrogen-bond donors (Lipinski definition) is 3. The summed E-state index contributed by atoms with van der Waals surface area (Å²) in [5, 5.41) is 21.2. The Morgan fingerprint density at radius 1 is 1.40 bits per heavy atom. The van der Waals surface area contributed by atoms with Crippen molar-refractivity contribution in [3.05, 3.63) is 29.8 Å². The van der Waals surface area contributed by atoms with Crippen LogP contribution >= 0.6 is 0 Å². The Bertz CT molecular complexity index is 457. The number of rotatable bonds is 9. The lowest BCUT2D eigenvalue weighted by atomic mass is 10.0. The molecule has 0 aromatic heterocycles. The number of ether oxygens (including phenoxy) is 1. The van der Waals surface area contributed by atoms with E-state index in [1.807, 2.05) is 0 Å². The molecule has 1 saturated carbocycles. The number of aliphatic hydroxyl groups is 1. The first kappa shape index (κ1) is 14.8. The summed E-state index contributed by atoms with van der Waals surface area (Å²) < 4.78 is 5.52. The molecule has 0 radical (unpaired) electrons. The van der Waals surface area contributed by atoms with Crippen molar-refractivity contribution in [3.63, 3.8) is 0 Å². The highest BCUT2D eigenvalue weighted by Gasteiger charge is 2.41. The van der Waals surface area contributed by atoms with Gasteiger partial charge in [-0.3, -0.25) is 0 Å². The van der Waals surface area contributed by atoms with Crippen LogP contribution in [0.4, 0.5) is 0 Å². The maximum atomic E-state index is 10.8. The first-order valence-electron chi connectivity index (χ1n) is 6.93. The molecule has 1 aromatic carbocycles. The Kier molecular flexibility index (Phi) is 4.98. The topological polar surface area (TPSA) is 78.8 Å². The molecule has 0 heterocycles. The van der Waals surface area contributed by atoms with Crippen LogP contribution in [0.25, 0.3) is 0 Å². The third-order valence-corrected chi connectivity index (χ3v) is 3.73. The van der Waals surface area contributed by atoms with Gasteiger partial charge in [-0.15, -0.1) is 0 Å². The highest BCUT2D eigenvalue weighted by Crippen LogP contribution is 2.47. The fourth-order valence-corrected chi connectivity index (χ4v) is 2.24. The van der Waals surface area contributed by atoms with Crippen LogP contribution in [0.2, 0.25) is 0 Å². The minimum Gasteiger partial charge on any atom is -0.492 e. The Hall–Kier alpha value is -1.59. The van der Waals surface area contributed by atoms with Crippen molar-refractivity contribution in [2.45, 2.75) is 19.3 Å². The van der Waals surface area contributed by atoms with Crippen LogP contribution in [0.15, 0.2) is 24.3 Å². The van der Waals surface area contributed by atoms with Crippen LogP contribution in [0.5, 0.6) is 5.75 Å². The zero-order valence-corrected chi connectivity index (χ0v) is 11.5. The molecule has 110 valence electrons. The monoisotopic (exact) mass is 279 g/mol. The second kappa shape index (κ2) is 6.72. The highest BCUT2D eigenvalue weighted by atomic mass is 16.5. The molecule has 0 spiro atoms. The van der Waals surface area contributed by atoms with E-state index < -0.39 is 5.97 Å². The number of carbonyl (C=O) groups is 1. The zero-order valence-electron chi connectivity index (χ0n) is 11.5. The zero-order chi connectivity index (χ0) is 14.4. The summed E-state index contributed by atoms with van der Waals surface area (Å²) in [5.74, 6) is -0.378. The van der Waals surface area contributed by atoms with Crippen LogP contribution < -0.4 is 10.1 Å². The van der Waals surface area contributed by atoms with Crippen LogP contribution in [-0.4, -0.2) is 42.5 Å². The molecule has 0 atom stereocenters. The molecule has 0 bridgehead atoms. The first-order chi connectivity index (χ1) is 9.65. The van der Waals surface area contributed by atoms with Gasteiger partial charge in [0, 0.05) is 19.7 Å². The molecule has 5 nitrogen and oxygen atoms in total. The van der Waals surface area contributed by atoms with Crippen molar-refractivity contribution in [1.82, 2.24) is 5.32 Å². The molecular formula is C15H21NO4. The molecule has 0 unspecified atom stereocenters. The average Bonchev–Trinajstić information content (AvgIpc) is 3.19. The van der Waals surface area contributed by atoms with Gasteiger partial charge in [0.15, 0.2) is 0 Å². The smallest absolute Gasteiger partial charge is 0.335 e. The summed E-state index contributed by atoms with van der Waals surface area (Å²) in [6.07, 6.45) is 3.23. The fraction of sp³-hybridized carbons (Fsp3) is 0.533. The second-order valence-electron chi connectivity index (χ2n) is 5.33. The molecule has 3 N–H and O–H groups in total. The van der Waals surface area contributed by atoms with E-state index >= 15 is 0 Å². The summed E-state index contributed by atoms with van der Waals surface area (Å²) in [6, 6.07) is 6.49. The Morgan fingerprint density at radius 3 is 2.85 bits per heavy atom. The lowest BCUT2D eigenvalue weighted by Crippen LogP contribution is -2.28. The normalized spacial score (nSPS) is 15.8. The van der Waals surface area contributed by atoms with Crippen LogP contribution in [-0.2, 0) is 0 Å². The predicted octanol–water partition coefficient (Wildman–Crippen LogP) is 1.52. The number of carboxylic acid groups (broad SMARTS) is 1. The summed E-state index contributed by atoms with van der Waals surface area (Å²) in [4.78, 5) is 10.8. The van der Waals surface area contributed by atoms with E-state index in [1.54, 1.807) is 18.2 Å². The lowest BCUT2D eigenvalue weighted by Gasteiger charge is -2.14. The number of hydrogen-bond acceptors (Lipinski definition) is 4. The molecule has 2 rings (SSSR count). The van der Waals surface area contributed by atoms with E-state index in [0.717, 1.165) is 13.0 Å². The third kappa shape index (κ3) is 4.21. The Balaban J connectivity index is 1.66. The van der Waals surface area contributed by atoms with Crippen molar-refractivity contribution in [1.29, 1.82) is 0 Å². The molecule has 0 amide bonds. The maximum Gasteiger partial charge on any atom is 0.335 e. The standard InChI is InChI=1S/C15H21NO4/c17-8-6-15(4-5-15)11-16-7-9-20-13-3-1-2-12(10-13)14(18)19/h1-3,10,16-17H,4-9,11H2,(H,18,19). The number of nitrogens with one attached hydrogen (secondary N) is 1. The molecule has 1 fully saturated rings. The molecule has 5 heteroatoms.